The Hall–Kier alpha value is -1.39. The third-order valence-electron chi connectivity index (χ3n) is 3.18. The summed E-state index contributed by atoms with van der Waals surface area (Å²) in [6.07, 6.45) is -3.56. The maximum absolute atomic E-state index is 13.0. The normalized spacial score (nSPS) is 13.7. The lowest BCUT2D eigenvalue weighted by molar-refractivity contribution is -0.137. The molecule has 108 valence electrons. The van der Waals surface area contributed by atoms with Gasteiger partial charge in [-0.3, -0.25) is 0 Å². The Morgan fingerprint density at radius 2 is 1.79 bits per heavy atom. The number of benzene rings is 1. The van der Waals surface area contributed by atoms with Crippen LogP contribution in [0.2, 0.25) is 0 Å². The summed E-state index contributed by atoms with van der Waals surface area (Å²) in [6, 6.07) is 3.97. The molecule has 0 aliphatic carbocycles. The third-order valence-corrected chi connectivity index (χ3v) is 3.18. The molecule has 0 bridgehead atoms. The first kappa shape index (κ1) is 15.7. The maximum atomic E-state index is 13.0. The van der Waals surface area contributed by atoms with Gasteiger partial charge in [-0.1, -0.05) is 13.8 Å². The van der Waals surface area contributed by atoms with E-state index >= 15 is 0 Å². The summed E-state index contributed by atoms with van der Waals surface area (Å²) in [5.74, 6) is 0.431. The number of nitrogens with zero attached hydrogens (tertiary/aromatic N) is 1. The van der Waals surface area contributed by atoms with Crippen LogP contribution in [0.1, 0.15) is 32.8 Å². The average Bonchev–Trinajstić information content (AvgIpc) is 2.25. The molecule has 0 saturated carbocycles. The molecule has 0 heterocycles. The van der Waals surface area contributed by atoms with Gasteiger partial charge < -0.3 is 10.6 Å². The van der Waals surface area contributed by atoms with Gasteiger partial charge in [0.2, 0.25) is 0 Å². The largest absolute Gasteiger partial charge is 0.418 e. The summed E-state index contributed by atoms with van der Waals surface area (Å²) in [5.41, 5.74) is 5.09. The van der Waals surface area contributed by atoms with Crippen LogP contribution < -0.4 is 10.6 Å². The number of alkyl halides is 3. The summed E-state index contributed by atoms with van der Waals surface area (Å²) in [7, 11) is 1.69. The highest BCUT2D eigenvalue weighted by atomic mass is 19.4. The highest BCUT2D eigenvalue weighted by molar-refractivity contribution is 5.61. The van der Waals surface area contributed by atoms with Crippen molar-refractivity contribution in [2.24, 2.45) is 5.92 Å². The maximum Gasteiger partial charge on any atom is 0.418 e. The molecule has 19 heavy (non-hydrogen) atoms. The van der Waals surface area contributed by atoms with Gasteiger partial charge in [0.05, 0.1) is 5.56 Å². The third kappa shape index (κ3) is 4.04. The van der Waals surface area contributed by atoms with Crippen molar-refractivity contribution in [3.05, 3.63) is 23.8 Å². The van der Waals surface area contributed by atoms with Gasteiger partial charge in [0.15, 0.2) is 0 Å². The Kier molecular flexibility index (Phi) is 4.71. The van der Waals surface area contributed by atoms with Crippen LogP contribution in [0.4, 0.5) is 24.5 Å². The molecule has 2 N–H and O–H groups in total. The van der Waals surface area contributed by atoms with E-state index in [0.717, 1.165) is 12.5 Å². The van der Waals surface area contributed by atoms with Crippen LogP contribution in [-0.2, 0) is 6.18 Å². The molecule has 0 aliphatic rings. The summed E-state index contributed by atoms with van der Waals surface area (Å²) in [6.45, 7) is 6.03. The van der Waals surface area contributed by atoms with Gasteiger partial charge in [-0.2, -0.15) is 13.2 Å². The number of hydrogen-bond donors (Lipinski definition) is 1. The monoisotopic (exact) mass is 274 g/mol. The molecule has 0 fully saturated rings. The van der Waals surface area contributed by atoms with E-state index in [1.807, 2.05) is 6.92 Å². The Morgan fingerprint density at radius 1 is 1.21 bits per heavy atom. The summed E-state index contributed by atoms with van der Waals surface area (Å²) in [5, 5.41) is 0. The lowest BCUT2D eigenvalue weighted by Crippen LogP contribution is -2.31. The van der Waals surface area contributed by atoms with Crippen LogP contribution in [0, 0.1) is 5.92 Å². The van der Waals surface area contributed by atoms with Gasteiger partial charge in [-0.25, -0.2) is 0 Å². The molecular weight excluding hydrogens is 253 g/mol. The fourth-order valence-electron chi connectivity index (χ4n) is 2.17. The number of halogens is 3. The minimum atomic E-state index is -4.39. The zero-order valence-corrected chi connectivity index (χ0v) is 11.8. The van der Waals surface area contributed by atoms with Crippen molar-refractivity contribution in [2.75, 3.05) is 17.7 Å². The second-order valence-corrected chi connectivity index (χ2v) is 5.36. The van der Waals surface area contributed by atoms with E-state index in [4.69, 9.17) is 5.73 Å². The van der Waals surface area contributed by atoms with Gasteiger partial charge in [0, 0.05) is 24.5 Å². The molecule has 0 aromatic heterocycles. The smallest absolute Gasteiger partial charge is 0.399 e. The van der Waals surface area contributed by atoms with Crippen LogP contribution in [0.25, 0.3) is 0 Å². The second-order valence-electron chi connectivity index (χ2n) is 5.36. The molecule has 0 aliphatic heterocycles. The molecule has 0 radical (unpaired) electrons. The number of nitrogens with two attached hydrogens (primary N) is 1. The zero-order chi connectivity index (χ0) is 14.8. The fraction of sp³-hybridized carbons (Fsp3) is 0.571. The second kappa shape index (κ2) is 5.72. The van der Waals surface area contributed by atoms with Crippen LogP contribution in [0.15, 0.2) is 18.2 Å². The molecule has 0 saturated heterocycles. The van der Waals surface area contributed by atoms with Crippen LogP contribution in [0.5, 0.6) is 0 Å². The molecule has 1 rings (SSSR count). The predicted octanol–water partition coefficient (Wildman–Crippen LogP) is 4.16. The van der Waals surface area contributed by atoms with Crippen LogP contribution >= 0.6 is 0 Å². The standard InChI is InChI=1S/C14H21F3N2/c1-9(2)7-10(3)19(4)13-6-5-11(18)8-12(13)14(15,16)17/h5-6,8-10H,7,18H2,1-4H3. The van der Waals surface area contributed by atoms with Gasteiger partial charge in [-0.15, -0.1) is 0 Å². The minimum Gasteiger partial charge on any atom is -0.399 e. The van der Waals surface area contributed by atoms with Crippen molar-refractivity contribution in [3.63, 3.8) is 0 Å². The number of rotatable bonds is 4. The van der Waals surface area contributed by atoms with E-state index in [9.17, 15) is 13.2 Å². The van der Waals surface area contributed by atoms with Gasteiger partial charge in [0.1, 0.15) is 0 Å². The fourth-order valence-corrected chi connectivity index (χ4v) is 2.17. The quantitative estimate of drug-likeness (QED) is 0.835. The summed E-state index contributed by atoms with van der Waals surface area (Å²) >= 11 is 0. The number of hydrogen-bond acceptors (Lipinski definition) is 2. The Morgan fingerprint density at radius 3 is 2.26 bits per heavy atom. The Bertz CT molecular complexity index is 427. The topological polar surface area (TPSA) is 29.3 Å². The molecule has 5 heteroatoms. The average molecular weight is 274 g/mol. The number of anilines is 2. The molecule has 1 unspecified atom stereocenters. The van der Waals surface area contributed by atoms with Crippen molar-refractivity contribution in [2.45, 2.75) is 39.4 Å². The Balaban J connectivity index is 3.12. The lowest BCUT2D eigenvalue weighted by Gasteiger charge is -2.30. The van der Waals surface area contributed by atoms with Crippen LogP contribution in [0.3, 0.4) is 0 Å². The first-order chi connectivity index (χ1) is 8.62. The van der Waals surface area contributed by atoms with Gasteiger partial charge in [0.25, 0.3) is 0 Å². The molecule has 1 aromatic carbocycles. The molecule has 1 atom stereocenters. The van der Waals surface area contributed by atoms with E-state index in [2.05, 4.69) is 13.8 Å². The first-order valence-electron chi connectivity index (χ1n) is 6.32. The molecule has 1 aromatic rings. The van der Waals surface area contributed by atoms with Gasteiger partial charge >= 0.3 is 6.18 Å². The summed E-state index contributed by atoms with van der Waals surface area (Å²) < 4.78 is 39.1. The van der Waals surface area contributed by atoms with Crippen LogP contribution in [-0.4, -0.2) is 13.1 Å². The minimum absolute atomic E-state index is 0.0322. The van der Waals surface area contributed by atoms with E-state index in [-0.39, 0.29) is 17.4 Å². The molecule has 0 spiro atoms. The van der Waals surface area contributed by atoms with E-state index < -0.39 is 11.7 Å². The predicted molar refractivity (Wildman–Crippen MR) is 73.2 cm³/mol. The molecule has 2 nitrogen and oxygen atoms in total. The molecular formula is C14H21F3N2. The highest BCUT2D eigenvalue weighted by Crippen LogP contribution is 2.38. The van der Waals surface area contributed by atoms with E-state index in [0.29, 0.717) is 5.92 Å². The first-order valence-corrected chi connectivity index (χ1v) is 6.32. The van der Waals surface area contributed by atoms with Crippen molar-refractivity contribution in [1.29, 1.82) is 0 Å². The lowest BCUT2D eigenvalue weighted by atomic mass is 10.0. The van der Waals surface area contributed by atoms with Crippen molar-refractivity contribution < 1.29 is 13.2 Å². The van der Waals surface area contributed by atoms with E-state index in [1.54, 1.807) is 11.9 Å². The number of nitrogen functional groups attached to an aromatic ring is 1. The van der Waals surface area contributed by atoms with Crippen molar-refractivity contribution >= 4 is 11.4 Å². The molecule has 0 amide bonds. The zero-order valence-electron chi connectivity index (χ0n) is 11.8. The van der Waals surface area contributed by atoms with E-state index in [1.165, 1.54) is 12.1 Å². The summed E-state index contributed by atoms with van der Waals surface area (Å²) in [4.78, 5) is 1.67. The highest BCUT2D eigenvalue weighted by Gasteiger charge is 2.35. The van der Waals surface area contributed by atoms with Gasteiger partial charge in [-0.05, 0) is 37.5 Å². The Labute approximate surface area is 112 Å². The SMILES string of the molecule is CC(C)CC(C)N(C)c1ccc(N)cc1C(F)(F)F. The van der Waals surface area contributed by atoms with Crippen molar-refractivity contribution in [1.82, 2.24) is 0 Å². The van der Waals surface area contributed by atoms with Crippen molar-refractivity contribution in [3.8, 4) is 0 Å².